The summed E-state index contributed by atoms with van der Waals surface area (Å²) in [7, 11) is 3.79. The van der Waals surface area contributed by atoms with E-state index in [4.69, 9.17) is 9.72 Å². The third-order valence-electron chi connectivity index (χ3n) is 7.05. The van der Waals surface area contributed by atoms with Gasteiger partial charge in [0.05, 0.1) is 12.6 Å². The van der Waals surface area contributed by atoms with Gasteiger partial charge in [0, 0.05) is 21.3 Å². The number of hydrogen-bond acceptors (Lipinski definition) is 4. The zero-order chi connectivity index (χ0) is 25.5. The van der Waals surface area contributed by atoms with E-state index in [1.54, 1.807) is 7.11 Å². The first kappa shape index (κ1) is 26.3. The molecule has 0 saturated heterocycles. The van der Waals surface area contributed by atoms with E-state index in [9.17, 15) is 5.11 Å². The summed E-state index contributed by atoms with van der Waals surface area (Å²) in [6.45, 7) is 4.19. The number of nitrogens with zero attached hydrogens (tertiary/aromatic N) is 2. The summed E-state index contributed by atoms with van der Waals surface area (Å²) in [6.07, 6.45) is 2.53. The number of benzene rings is 3. The summed E-state index contributed by atoms with van der Waals surface area (Å²) in [6, 6.07) is 28.5. The van der Waals surface area contributed by atoms with Crippen LogP contribution in [0.15, 0.2) is 89.4 Å². The van der Waals surface area contributed by atoms with Gasteiger partial charge in [-0.15, -0.1) is 0 Å². The summed E-state index contributed by atoms with van der Waals surface area (Å²) in [5.41, 5.74) is 2.52. The van der Waals surface area contributed by atoms with Crippen molar-refractivity contribution < 1.29 is 9.84 Å². The number of pyridine rings is 1. The minimum Gasteiger partial charge on any atom is -0.481 e. The lowest BCUT2D eigenvalue weighted by atomic mass is 9.71. The highest BCUT2D eigenvalue weighted by Crippen LogP contribution is 2.48. The van der Waals surface area contributed by atoms with Crippen LogP contribution in [0.1, 0.15) is 48.8 Å². The predicted octanol–water partition coefficient (Wildman–Crippen LogP) is 7.15. The van der Waals surface area contributed by atoms with E-state index in [1.807, 2.05) is 60.7 Å². The van der Waals surface area contributed by atoms with E-state index in [1.165, 1.54) is 0 Å². The molecule has 0 spiro atoms. The minimum absolute atomic E-state index is 0.365. The van der Waals surface area contributed by atoms with Crippen LogP contribution in [0.3, 0.4) is 0 Å². The molecule has 1 heterocycles. The van der Waals surface area contributed by atoms with Gasteiger partial charge in [-0.25, -0.2) is 4.98 Å². The Labute approximate surface area is 223 Å². The number of rotatable bonds is 11. The van der Waals surface area contributed by atoms with E-state index in [0.29, 0.717) is 12.3 Å². The van der Waals surface area contributed by atoms with Gasteiger partial charge in [-0.2, -0.15) is 0 Å². The first-order valence-electron chi connectivity index (χ1n) is 12.6. The van der Waals surface area contributed by atoms with Gasteiger partial charge in [0.15, 0.2) is 0 Å². The predicted molar refractivity (Wildman–Crippen MR) is 152 cm³/mol. The minimum atomic E-state index is -1.15. The van der Waals surface area contributed by atoms with Gasteiger partial charge in [-0.05, 0) is 74.8 Å². The van der Waals surface area contributed by atoms with E-state index in [-0.39, 0.29) is 5.92 Å². The molecule has 0 amide bonds. The number of aromatic nitrogens is 1. The lowest BCUT2D eigenvalue weighted by Crippen LogP contribution is -2.35. The smallest absolute Gasteiger partial charge is 0.217 e. The highest BCUT2D eigenvalue weighted by Gasteiger charge is 2.42. The van der Waals surface area contributed by atoms with Gasteiger partial charge in [0.2, 0.25) is 5.88 Å². The number of aliphatic hydroxyl groups is 1. The van der Waals surface area contributed by atoms with Gasteiger partial charge in [-0.3, -0.25) is 0 Å². The Morgan fingerprint density at radius 2 is 1.67 bits per heavy atom. The number of ether oxygens (including phenoxy) is 1. The third-order valence-corrected chi connectivity index (χ3v) is 7.54. The Kier molecular flexibility index (Phi) is 8.78. The zero-order valence-corrected chi connectivity index (χ0v) is 22.9. The van der Waals surface area contributed by atoms with Crippen LogP contribution >= 0.6 is 15.9 Å². The van der Waals surface area contributed by atoms with Crippen molar-refractivity contribution in [2.24, 2.45) is 0 Å². The number of hydrogen-bond donors (Lipinski definition) is 1. The Bertz CT molecular complexity index is 1270. The monoisotopic (exact) mass is 546 g/mol. The maximum Gasteiger partial charge on any atom is 0.217 e. The Balaban J connectivity index is 1.88. The number of halogens is 1. The molecule has 188 valence electrons. The van der Waals surface area contributed by atoms with E-state index >= 15 is 0 Å². The second-order valence-corrected chi connectivity index (χ2v) is 10.3. The fourth-order valence-corrected chi connectivity index (χ4v) is 5.37. The van der Waals surface area contributed by atoms with Gasteiger partial charge < -0.3 is 14.7 Å². The second-order valence-electron chi connectivity index (χ2n) is 9.41. The molecule has 0 aliphatic heterocycles. The molecule has 4 rings (SSSR count). The molecule has 0 aliphatic rings. The highest BCUT2D eigenvalue weighted by molar-refractivity contribution is 9.10. The van der Waals surface area contributed by atoms with Gasteiger partial charge in [0.25, 0.3) is 0 Å². The van der Waals surface area contributed by atoms with Crippen LogP contribution in [0.5, 0.6) is 5.88 Å². The molecule has 36 heavy (non-hydrogen) atoms. The summed E-state index contributed by atoms with van der Waals surface area (Å²) in [5, 5.41) is 13.7. The van der Waals surface area contributed by atoms with Gasteiger partial charge >= 0.3 is 0 Å². The molecule has 0 saturated carbocycles. The van der Waals surface area contributed by atoms with Gasteiger partial charge in [-0.1, -0.05) is 83.5 Å². The van der Waals surface area contributed by atoms with Crippen molar-refractivity contribution >= 4 is 26.8 Å². The molecule has 0 aliphatic carbocycles. The van der Waals surface area contributed by atoms with Crippen LogP contribution in [-0.4, -0.2) is 42.2 Å². The number of fused-ring (bicyclic) bond motifs is 1. The molecule has 0 bridgehead atoms. The molecular weight excluding hydrogens is 512 g/mol. The first-order chi connectivity index (χ1) is 17.5. The Morgan fingerprint density at radius 1 is 0.972 bits per heavy atom. The third kappa shape index (κ3) is 5.80. The Hall–Kier alpha value is -2.73. The average molecular weight is 548 g/mol. The average Bonchev–Trinajstić information content (AvgIpc) is 2.91. The maximum absolute atomic E-state index is 12.7. The van der Waals surface area contributed by atoms with E-state index in [0.717, 1.165) is 58.0 Å². The molecule has 0 radical (unpaired) electrons. The van der Waals surface area contributed by atoms with Gasteiger partial charge in [0.1, 0.15) is 5.60 Å². The van der Waals surface area contributed by atoms with E-state index in [2.05, 4.69) is 59.1 Å². The highest BCUT2D eigenvalue weighted by atomic mass is 79.9. The lowest BCUT2D eigenvalue weighted by Gasteiger charge is -2.38. The molecular formula is C31H35BrN2O2. The molecule has 4 aromatic rings. The van der Waals surface area contributed by atoms with Crippen LogP contribution in [-0.2, 0) is 5.60 Å². The first-order valence-corrected chi connectivity index (χ1v) is 13.4. The quantitative estimate of drug-likeness (QED) is 0.203. The summed E-state index contributed by atoms with van der Waals surface area (Å²) >= 11 is 3.60. The molecule has 1 aromatic heterocycles. The topological polar surface area (TPSA) is 45.6 Å². The summed E-state index contributed by atoms with van der Waals surface area (Å²) in [5.74, 6) is 0.176. The lowest BCUT2D eigenvalue weighted by molar-refractivity contribution is 0.00670. The molecule has 1 N–H and O–H groups in total. The van der Waals surface area contributed by atoms with Crippen LogP contribution in [0.4, 0.5) is 0 Å². The standard InChI is InChI=1S/C31H35BrN2O2/c1-4-34(2)20-12-11-19-31(35,25-15-9-6-10-16-25)29(23-13-7-5-8-14-23)27-22-24-21-26(32)17-18-28(24)33-30(27)36-3/h5-10,13-18,21-22,29,35H,4,11-12,19-20H2,1-3H3. The SMILES string of the molecule is CCN(C)CCCCC(O)(c1ccccc1)C(c1ccccc1)c1cc2cc(Br)ccc2nc1OC. The molecule has 2 unspecified atom stereocenters. The van der Waals surface area contributed by atoms with Crippen molar-refractivity contribution in [1.82, 2.24) is 9.88 Å². The van der Waals surface area contributed by atoms with Crippen LogP contribution in [0.2, 0.25) is 0 Å². The second kappa shape index (κ2) is 12.0. The summed E-state index contributed by atoms with van der Waals surface area (Å²) in [4.78, 5) is 7.17. The Morgan fingerprint density at radius 3 is 2.33 bits per heavy atom. The molecule has 0 fully saturated rings. The van der Waals surface area contributed by atoms with Crippen molar-refractivity contribution in [3.8, 4) is 5.88 Å². The molecule has 3 aromatic carbocycles. The molecule has 5 heteroatoms. The normalized spacial score (nSPS) is 14.1. The fraction of sp³-hybridized carbons (Fsp3) is 0.323. The summed E-state index contributed by atoms with van der Waals surface area (Å²) < 4.78 is 6.84. The zero-order valence-electron chi connectivity index (χ0n) is 21.3. The van der Waals surface area contributed by atoms with Crippen molar-refractivity contribution in [1.29, 1.82) is 0 Å². The molecule has 2 atom stereocenters. The van der Waals surface area contributed by atoms with Crippen molar-refractivity contribution in [3.63, 3.8) is 0 Å². The number of unbranched alkanes of at least 4 members (excludes halogenated alkanes) is 1. The molecule has 4 nitrogen and oxygen atoms in total. The van der Waals surface area contributed by atoms with Crippen molar-refractivity contribution in [2.45, 2.75) is 37.7 Å². The number of methoxy groups -OCH3 is 1. The largest absolute Gasteiger partial charge is 0.481 e. The fourth-order valence-electron chi connectivity index (χ4n) is 4.99. The van der Waals surface area contributed by atoms with Crippen molar-refractivity contribution in [3.05, 3.63) is 106 Å². The maximum atomic E-state index is 12.7. The van der Waals surface area contributed by atoms with Crippen LogP contribution < -0.4 is 4.74 Å². The van der Waals surface area contributed by atoms with Crippen LogP contribution in [0, 0.1) is 0 Å². The van der Waals surface area contributed by atoms with E-state index < -0.39 is 5.60 Å². The van der Waals surface area contributed by atoms with Crippen molar-refractivity contribution in [2.75, 3.05) is 27.2 Å². The van der Waals surface area contributed by atoms with Crippen LogP contribution in [0.25, 0.3) is 10.9 Å².